The van der Waals surface area contributed by atoms with Gasteiger partial charge in [-0.3, -0.25) is 4.99 Å². The average molecular weight is 537 g/mol. The van der Waals surface area contributed by atoms with E-state index in [1.807, 2.05) is 0 Å². The molecule has 0 aromatic heterocycles. The number of nitrogens with zero attached hydrogens (tertiary/aromatic N) is 2. The monoisotopic (exact) mass is 536 g/mol. The van der Waals surface area contributed by atoms with Crippen molar-refractivity contribution in [3.8, 4) is 0 Å². The van der Waals surface area contributed by atoms with Crippen molar-refractivity contribution in [1.82, 2.24) is 15.5 Å². The maximum absolute atomic E-state index is 6.08. The molecule has 176 valence electrons. The van der Waals surface area contributed by atoms with Gasteiger partial charge in [0.15, 0.2) is 5.96 Å². The van der Waals surface area contributed by atoms with E-state index in [4.69, 9.17) is 14.5 Å². The summed E-state index contributed by atoms with van der Waals surface area (Å²) in [6.07, 6.45) is 9.50. The molecule has 0 aromatic carbocycles. The summed E-state index contributed by atoms with van der Waals surface area (Å²) in [7, 11) is 0. The number of nitrogens with one attached hydrogen (secondary N) is 2. The van der Waals surface area contributed by atoms with E-state index in [0.717, 1.165) is 51.8 Å². The first-order valence-corrected chi connectivity index (χ1v) is 12.1. The fraction of sp³-hybridized carbons (Fsp3) is 0.957. The maximum Gasteiger partial charge on any atom is 0.191 e. The second-order valence-corrected chi connectivity index (χ2v) is 9.32. The van der Waals surface area contributed by atoms with Crippen LogP contribution in [-0.2, 0) is 9.47 Å². The number of hydrogen-bond donors (Lipinski definition) is 2. The maximum atomic E-state index is 6.08. The Morgan fingerprint density at radius 3 is 2.43 bits per heavy atom. The van der Waals surface area contributed by atoms with E-state index in [0.29, 0.717) is 29.7 Å². The lowest BCUT2D eigenvalue weighted by molar-refractivity contribution is -0.125. The fourth-order valence-corrected chi connectivity index (χ4v) is 5.46. The smallest absolute Gasteiger partial charge is 0.191 e. The minimum atomic E-state index is 0. The molecular formula is C23H45IN4O2. The van der Waals surface area contributed by atoms with Crippen molar-refractivity contribution in [2.24, 2.45) is 10.4 Å². The average Bonchev–Trinajstić information content (AvgIpc) is 3.21. The van der Waals surface area contributed by atoms with E-state index < -0.39 is 0 Å². The van der Waals surface area contributed by atoms with Gasteiger partial charge in [-0.05, 0) is 59.8 Å². The van der Waals surface area contributed by atoms with E-state index in [-0.39, 0.29) is 24.0 Å². The summed E-state index contributed by atoms with van der Waals surface area (Å²) in [5.74, 6) is 1.01. The van der Waals surface area contributed by atoms with Gasteiger partial charge in [-0.1, -0.05) is 12.8 Å². The highest BCUT2D eigenvalue weighted by Gasteiger charge is 2.57. The number of ether oxygens (including phenoxy) is 2. The predicted molar refractivity (Wildman–Crippen MR) is 135 cm³/mol. The lowest BCUT2D eigenvalue weighted by atomic mass is 9.60. The molecule has 0 aromatic rings. The second-order valence-electron chi connectivity index (χ2n) is 9.32. The second kappa shape index (κ2) is 12.8. The van der Waals surface area contributed by atoms with Crippen molar-refractivity contribution in [3.05, 3.63) is 0 Å². The van der Waals surface area contributed by atoms with Crippen LogP contribution in [0, 0.1) is 5.41 Å². The molecule has 0 amide bonds. The number of aliphatic imine (C=N–C) groups is 1. The molecule has 7 heteroatoms. The number of guanidine groups is 1. The van der Waals surface area contributed by atoms with Crippen molar-refractivity contribution in [2.75, 3.05) is 39.4 Å². The van der Waals surface area contributed by atoms with Crippen LogP contribution in [0.1, 0.15) is 72.6 Å². The van der Waals surface area contributed by atoms with Crippen LogP contribution < -0.4 is 10.6 Å². The van der Waals surface area contributed by atoms with Crippen molar-refractivity contribution in [2.45, 2.75) is 96.9 Å². The molecule has 1 saturated heterocycles. The number of hydrogen-bond acceptors (Lipinski definition) is 4. The van der Waals surface area contributed by atoms with Gasteiger partial charge < -0.3 is 25.0 Å². The van der Waals surface area contributed by atoms with E-state index in [9.17, 15) is 0 Å². The molecular weight excluding hydrogens is 491 g/mol. The molecule has 0 radical (unpaired) electrons. The Balaban J connectivity index is 0.00000320. The highest BCUT2D eigenvalue weighted by Crippen LogP contribution is 2.54. The standard InChI is InChI=1S/C23H44N4O2.HI/c1-5-24-22(25-19-9-13-27(14-10-19)15-16-29-18(3)4)26-20-17-21(28-6-2)23(20)11-7-8-12-23;/h18-21H,5-17H2,1-4H3,(H2,24,25,26);1H. The number of rotatable bonds is 9. The molecule has 1 spiro atoms. The van der Waals surface area contributed by atoms with Crippen LogP contribution in [0.25, 0.3) is 0 Å². The van der Waals surface area contributed by atoms with Gasteiger partial charge in [0.1, 0.15) is 0 Å². The molecule has 3 fully saturated rings. The molecule has 1 aliphatic heterocycles. The topological polar surface area (TPSA) is 58.1 Å². The Hall–Kier alpha value is -0.120. The Morgan fingerprint density at radius 2 is 1.83 bits per heavy atom. The Morgan fingerprint density at radius 1 is 1.13 bits per heavy atom. The third-order valence-corrected chi connectivity index (χ3v) is 7.10. The van der Waals surface area contributed by atoms with E-state index in [2.05, 4.69) is 43.2 Å². The van der Waals surface area contributed by atoms with E-state index >= 15 is 0 Å². The fourth-order valence-electron chi connectivity index (χ4n) is 5.46. The summed E-state index contributed by atoms with van der Waals surface area (Å²) in [6.45, 7) is 14.2. The van der Waals surface area contributed by atoms with Crippen molar-refractivity contribution in [3.63, 3.8) is 0 Å². The van der Waals surface area contributed by atoms with Crippen LogP contribution in [0.2, 0.25) is 0 Å². The molecule has 0 bridgehead atoms. The van der Waals surface area contributed by atoms with Crippen LogP contribution >= 0.6 is 24.0 Å². The summed E-state index contributed by atoms with van der Waals surface area (Å²) in [4.78, 5) is 7.30. The Labute approximate surface area is 201 Å². The number of likely N-dealkylation sites (tertiary alicyclic amines) is 1. The molecule has 2 saturated carbocycles. The number of halogens is 1. The van der Waals surface area contributed by atoms with Gasteiger partial charge >= 0.3 is 0 Å². The molecule has 30 heavy (non-hydrogen) atoms. The number of piperidine rings is 1. The normalized spacial score (nSPS) is 27.2. The lowest BCUT2D eigenvalue weighted by Gasteiger charge is -2.54. The van der Waals surface area contributed by atoms with Gasteiger partial charge in [0.25, 0.3) is 0 Å². The summed E-state index contributed by atoms with van der Waals surface area (Å²) in [5, 5.41) is 7.55. The molecule has 3 aliphatic rings. The SMILES string of the molecule is CCN=C(NC1CCN(CCOC(C)C)CC1)NC1CC(OCC)C12CCCC2.I. The molecule has 2 aliphatic carbocycles. The molecule has 1 heterocycles. The Kier molecular flexibility index (Phi) is 11.1. The van der Waals surface area contributed by atoms with Crippen molar-refractivity contribution >= 4 is 29.9 Å². The van der Waals surface area contributed by atoms with Crippen LogP contribution in [0.4, 0.5) is 0 Å². The zero-order valence-electron chi connectivity index (χ0n) is 19.6. The minimum Gasteiger partial charge on any atom is -0.378 e. The minimum absolute atomic E-state index is 0. The van der Waals surface area contributed by atoms with Gasteiger partial charge in [0, 0.05) is 50.3 Å². The highest BCUT2D eigenvalue weighted by molar-refractivity contribution is 14.0. The first-order chi connectivity index (χ1) is 14.1. The predicted octanol–water partition coefficient (Wildman–Crippen LogP) is 3.79. The highest BCUT2D eigenvalue weighted by atomic mass is 127. The molecule has 2 N–H and O–H groups in total. The molecule has 2 unspecified atom stereocenters. The summed E-state index contributed by atoms with van der Waals surface area (Å²) in [5.41, 5.74) is 0.339. The van der Waals surface area contributed by atoms with Gasteiger partial charge in [-0.2, -0.15) is 0 Å². The summed E-state index contributed by atoms with van der Waals surface area (Å²) < 4.78 is 11.8. The molecule has 3 rings (SSSR count). The van der Waals surface area contributed by atoms with Crippen molar-refractivity contribution in [1.29, 1.82) is 0 Å². The van der Waals surface area contributed by atoms with Crippen LogP contribution in [0.5, 0.6) is 0 Å². The third-order valence-electron chi connectivity index (χ3n) is 7.10. The Bertz CT molecular complexity index is 517. The van der Waals surface area contributed by atoms with Gasteiger partial charge in [0.05, 0.1) is 18.8 Å². The van der Waals surface area contributed by atoms with Gasteiger partial charge in [-0.15, -0.1) is 24.0 Å². The quantitative estimate of drug-likeness (QED) is 0.267. The van der Waals surface area contributed by atoms with E-state index in [1.165, 1.54) is 38.5 Å². The summed E-state index contributed by atoms with van der Waals surface area (Å²) >= 11 is 0. The lowest BCUT2D eigenvalue weighted by Crippen LogP contribution is -2.65. The van der Waals surface area contributed by atoms with Crippen LogP contribution in [0.15, 0.2) is 4.99 Å². The summed E-state index contributed by atoms with van der Waals surface area (Å²) in [6, 6.07) is 1.02. The molecule has 2 atom stereocenters. The third kappa shape index (κ3) is 6.69. The zero-order chi connectivity index (χ0) is 20.7. The molecule has 6 nitrogen and oxygen atoms in total. The van der Waals surface area contributed by atoms with Gasteiger partial charge in [0.2, 0.25) is 0 Å². The van der Waals surface area contributed by atoms with Crippen LogP contribution in [0.3, 0.4) is 0 Å². The van der Waals surface area contributed by atoms with Gasteiger partial charge in [-0.25, -0.2) is 0 Å². The first-order valence-electron chi connectivity index (χ1n) is 12.1. The first kappa shape index (κ1) is 26.1. The van der Waals surface area contributed by atoms with Crippen LogP contribution in [-0.4, -0.2) is 74.5 Å². The van der Waals surface area contributed by atoms with E-state index in [1.54, 1.807) is 0 Å². The van der Waals surface area contributed by atoms with Crippen molar-refractivity contribution < 1.29 is 9.47 Å². The zero-order valence-corrected chi connectivity index (χ0v) is 22.0. The largest absolute Gasteiger partial charge is 0.378 e.